The number of esters is 1. The molecule has 0 fully saturated rings. The molecule has 0 spiro atoms. The SMILES string of the molecule is CCOC(=O)Cn1c(C)c(Sc2ccc(S(C)(=O)=O)cc2)c2c(NC(C)=O)cccc21. The number of hydrogen-bond donors (Lipinski definition) is 1. The molecule has 0 aliphatic rings. The Morgan fingerprint density at radius 2 is 1.81 bits per heavy atom. The summed E-state index contributed by atoms with van der Waals surface area (Å²) < 4.78 is 30.5. The van der Waals surface area contributed by atoms with E-state index in [-0.39, 0.29) is 23.3 Å². The van der Waals surface area contributed by atoms with E-state index in [0.29, 0.717) is 12.3 Å². The van der Waals surface area contributed by atoms with Crippen molar-refractivity contribution in [2.75, 3.05) is 18.2 Å². The van der Waals surface area contributed by atoms with E-state index in [1.54, 1.807) is 31.2 Å². The third-order valence-corrected chi connectivity index (χ3v) is 7.01. The van der Waals surface area contributed by atoms with Gasteiger partial charge in [-0.05, 0) is 50.2 Å². The Labute approximate surface area is 185 Å². The van der Waals surface area contributed by atoms with Gasteiger partial charge in [-0.15, -0.1) is 0 Å². The molecule has 0 unspecified atom stereocenters. The van der Waals surface area contributed by atoms with Crippen LogP contribution in [0.2, 0.25) is 0 Å². The van der Waals surface area contributed by atoms with Crippen LogP contribution in [-0.4, -0.2) is 37.7 Å². The lowest BCUT2D eigenvalue weighted by Crippen LogP contribution is -2.14. The zero-order chi connectivity index (χ0) is 22.8. The van der Waals surface area contributed by atoms with Crippen molar-refractivity contribution >= 4 is 50.1 Å². The van der Waals surface area contributed by atoms with Crippen molar-refractivity contribution < 1.29 is 22.7 Å². The standard InChI is InChI=1S/C22H24N2O5S2/c1-5-29-20(26)13-24-14(2)22(21-18(23-15(3)25)7-6-8-19(21)24)30-16-9-11-17(12-10-16)31(4,27)28/h6-12H,5,13H2,1-4H3,(H,23,25). The molecule has 0 aliphatic heterocycles. The minimum absolute atomic E-state index is 0.0489. The molecule has 1 aromatic heterocycles. The number of nitrogens with one attached hydrogen (secondary N) is 1. The van der Waals surface area contributed by atoms with E-state index in [0.717, 1.165) is 26.4 Å². The Hall–Kier alpha value is -2.78. The van der Waals surface area contributed by atoms with Gasteiger partial charge in [0.2, 0.25) is 5.91 Å². The summed E-state index contributed by atoms with van der Waals surface area (Å²) in [7, 11) is -3.28. The van der Waals surface area contributed by atoms with Crippen LogP contribution in [0.3, 0.4) is 0 Å². The number of benzene rings is 2. The van der Waals surface area contributed by atoms with Crippen LogP contribution < -0.4 is 5.32 Å². The maximum absolute atomic E-state index is 12.2. The first-order valence-electron chi connectivity index (χ1n) is 9.64. The zero-order valence-corrected chi connectivity index (χ0v) is 19.4. The Bertz CT molecular complexity index is 1250. The Morgan fingerprint density at radius 3 is 2.39 bits per heavy atom. The summed E-state index contributed by atoms with van der Waals surface area (Å²) in [5.74, 6) is -0.543. The van der Waals surface area contributed by atoms with Crippen LogP contribution in [0, 0.1) is 6.92 Å². The predicted molar refractivity (Wildman–Crippen MR) is 121 cm³/mol. The number of carbonyl (C=O) groups is 2. The topological polar surface area (TPSA) is 94.5 Å². The van der Waals surface area contributed by atoms with Crippen LogP contribution >= 0.6 is 11.8 Å². The third kappa shape index (κ3) is 5.11. The van der Waals surface area contributed by atoms with Crippen molar-refractivity contribution in [2.45, 2.75) is 42.0 Å². The molecule has 3 aromatic rings. The van der Waals surface area contributed by atoms with E-state index in [9.17, 15) is 18.0 Å². The molecule has 0 aliphatic carbocycles. The fraction of sp³-hybridized carbons (Fsp3) is 0.273. The van der Waals surface area contributed by atoms with Crippen molar-refractivity contribution in [2.24, 2.45) is 0 Å². The van der Waals surface area contributed by atoms with Gasteiger partial charge in [-0.2, -0.15) is 0 Å². The number of carbonyl (C=O) groups excluding carboxylic acids is 2. The van der Waals surface area contributed by atoms with Crippen molar-refractivity contribution in [1.29, 1.82) is 0 Å². The van der Waals surface area contributed by atoms with Gasteiger partial charge >= 0.3 is 5.97 Å². The molecule has 0 radical (unpaired) electrons. The van der Waals surface area contributed by atoms with Gasteiger partial charge in [-0.3, -0.25) is 9.59 Å². The molecule has 2 aromatic carbocycles. The number of amides is 1. The monoisotopic (exact) mass is 460 g/mol. The number of fused-ring (bicyclic) bond motifs is 1. The number of sulfone groups is 1. The van der Waals surface area contributed by atoms with E-state index in [2.05, 4.69) is 5.32 Å². The van der Waals surface area contributed by atoms with Crippen LogP contribution in [0.15, 0.2) is 57.2 Å². The summed E-state index contributed by atoms with van der Waals surface area (Å²) in [5.41, 5.74) is 2.29. The normalized spacial score (nSPS) is 11.5. The third-order valence-electron chi connectivity index (χ3n) is 4.67. The average molecular weight is 461 g/mol. The molecule has 0 bridgehead atoms. The summed E-state index contributed by atoms with van der Waals surface area (Å²) in [6.45, 7) is 5.45. The second-order valence-electron chi connectivity index (χ2n) is 7.03. The predicted octanol–water partition coefficient (Wildman–Crippen LogP) is 4.03. The lowest BCUT2D eigenvalue weighted by molar-refractivity contribution is -0.143. The van der Waals surface area contributed by atoms with Gasteiger partial charge in [0.1, 0.15) is 6.54 Å². The Kier molecular flexibility index (Phi) is 6.76. The first kappa shape index (κ1) is 22.9. The molecule has 7 nitrogen and oxygen atoms in total. The van der Waals surface area contributed by atoms with Crippen LogP contribution in [0.4, 0.5) is 5.69 Å². The smallest absolute Gasteiger partial charge is 0.325 e. The van der Waals surface area contributed by atoms with E-state index in [1.807, 2.05) is 29.7 Å². The van der Waals surface area contributed by atoms with Gasteiger partial charge < -0.3 is 14.6 Å². The molecule has 31 heavy (non-hydrogen) atoms. The average Bonchev–Trinajstić information content (AvgIpc) is 2.94. The Balaban J connectivity index is 2.13. The molecule has 0 atom stereocenters. The van der Waals surface area contributed by atoms with Crippen LogP contribution in [0.1, 0.15) is 19.5 Å². The lowest BCUT2D eigenvalue weighted by atomic mass is 10.2. The first-order chi connectivity index (χ1) is 14.6. The van der Waals surface area contributed by atoms with E-state index < -0.39 is 9.84 Å². The summed E-state index contributed by atoms with van der Waals surface area (Å²) in [6.07, 6.45) is 1.17. The number of rotatable bonds is 7. The first-order valence-corrected chi connectivity index (χ1v) is 12.4. The summed E-state index contributed by atoms with van der Waals surface area (Å²) in [4.78, 5) is 25.9. The highest BCUT2D eigenvalue weighted by Crippen LogP contribution is 2.41. The quantitative estimate of drug-likeness (QED) is 0.535. The largest absolute Gasteiger partial charge is 0.465 e. The zero-order valence-electron chi connectivity index (χ0n) is 17.8. The molecule has 0 saturated heterocycles. The molecular formula is C22H24N2O5S2. The van der Waals surface area contributed by atoms with Gasteiger partial charge in [-0.1, -0.05) is 17.8 Å². The van der Waals surface area contributed by atoms with Crippen molar-refractivity contribution in [1.82, 2.24) is 4.57 Å². The van der Waals surface area contributed by atoms with Crippen LogP contribution in [0.25, 0.3) is 10.9 Å². The maximum Gasteiger partial charge on any atom is 0.325 e. The van der Waals surface area contributed by atoms with Gasteiger partial charge in [0.15, 0.2) is 9.84 Å². The number of ether oxygens (including phenoxy) is 1. The van der Waals surface area contributed by atoms with Gasteiger partial charge in [0.05, 0.1) is 22.7 Å². The molecule has 0 saturated carbocycles. The second kappa shape index (κ2) is 9.15. The van der Waals surface area contributed by atoms with E-state index in [4.69, 9.17) is 4.74 Å². The number of hydrogen-bond acceptors (Lipinski definition) is 6. The van der Waals surface area contributed by atoms with E-state index in [1.165, 1.54) is 24.9 Å². The maximum atomic E-state index is 12.2. The fourth-order valence-corrected chi connectivity index (χ4v) is 5.03. The minimum atomic E-state index is -3.28. The van der Waals surface area contributed by atoms with Crippen LogP contribution in [-0.2, 0) is 30.7 Å². The van der Waals surface area contributed by atoms with E-state index >= 15 is 0 Å². The van der Waals surface area contributed by atoms with Gasteiger partial charge in [0.25, 0.3) is 0 Å². The van der Waals surface area contributed by atoms with Crippen LogP contribution in [0.5, 0.6) is 0 Å². The summed E-state index contributed by atoms with van der Waals surface area (Å²) in [6, 6.07) is 12.2. The number of aromatic nitrogens is 1. The molecule has 9 heteroatoms. The molecule has 1 amide bonds. The van der Waals surface area contributed by atoms with Crippen molar-refractivity contribution in [3.05, 3.63) is 48.2 Å². The molecule has 3 rings (SSSR count). The van der Waals surface area contributed by atoms with Gasteiger partial charge in [0, 0.05) is 34.1 Å². The number of nitrogens with zero attached hydrogens (tertiary/aromatic N) is 1. The van der Waals surface area contributed by atoms with Gasteiger partial charge in [-0.25, -0.2) is 8.42 Å². The molecule has 164 valence electrons. The van der Waals surface area contributed by atoms with Crippen molar-refractivity contribution in [3.63, 3.8) is 0 Å². The molecular weight excluding hydrogens is 436 g/mol. The molecule has 1 N–H and O–H groups in total. The minimum Gasteiger partial charge on any atom is -0.465 e. The van der Waals surface area contributed by atoms with Crippen molar-refractivity contribution in [3.8, 4) is 0 Å². The highest BCUT2D eigenvalue weighted by Gasteiger charge is 2.20. The Morgan fingerprint density at radius 1 is 1.13 bits per heavy atom. The molecule has 1 heterocycles. The number of anilines is 1. The summed E-state index contributed by atoms with van der Waals surface area (Å²) >= 11 is 1.45. The second-order valence-corrected chi connectivity index (χ2v) is 10.1. The highest BCUT2D eigenvalue weighted by molar-refractivity contribution is 7.99. The highest BCUT2D eigenvalue weighted by atomic mass is 32.2. The lowest BCUT2D eigenvalue weighted by Gasteiger charge is -2.08. The summed E-state index contributed by atoms with van der Waals surface area (Å²) in [5, 5.41) is 3.68. The fourth-order valence-electron chi connectivity index (χ4n) is 3.32.